The zero-order valence-electron chi connectivity index (χ0n) is 18.4. The van der Waals surface area contributed by atoms with E-state index >= 15 is 0 Å². The summed E-state index contributed by atoms with van der Waals surface area (Å²) in [6.45, 7) is 8.83. The van der Waals surface area contributed by atoms with Gasteiger partial charge in [-0.15, -0.1) is 0 Å². The normalized spacial score (nSPS) is 16.0. The summed E-state index contributed by atoms with van der Waals surface area (Å²) in [6, 6.07) is 13.7. The minimum Gasteiger partial charge on any atom is -0.426 e. The molecular weight excluding hydrogens is 412 g/mol. The molecule has 0 atom stereocenters. The molecule has 1 saturated heterocycles. The number of esters is 1. The van der Waals surface area contributed by atoms with Crippen molar-refractivity contribution in [1.82, 2.24) is 4.31 Å². The van der Waals surface area contributed by atoms with E-state index in [2.05, 4.69) is 20.8 Å². The van der Waals surface area contributed by atoms with Crippen LogP contribution in [0.1, 0.15) is 50.3 Å². The average molecular weight is 441 g/mol. The van der Waals surface area contributed by atoms with Crippen LogP contribution in [-0.4, -0.2) is 31.8 Å². The number of rotatable bonds is 4. The number of nitriles is 1. The van der Waals surface area contributed by atoms with E-state index in [1.165, 1.54) is 34.1 Å². The van der Waals surface area contributed by atoms with Crippen molar-refractivity contribution in [3.63, 3.8) is 0 Å². The standard InChI is InChI=1S/C24H28N2O4S/c1-17-15-20(24(2,3)4)7-10-22(17)30-23(27)19-11-13-26(14-12-19)31(28,29)21-8-5-18(16-25)6-9-21/h5-10,15,19H,11-14H2,1-4H3. The van der Waals surface area contributed by atoms with E-state index in [9.17, 15) is 13.2 Å². The number of hydrogen-bond donors (Lipinski definition) is 0. The van der Waals surface area contributed by atoms with Crippen LogP contribution in [0.5, 0.6) is 5.75 Å². The molecule has 0 aromatic heterocycles. The number of piperidine rings is 1. The van der Waals surface area contributed by atoms with Gasteiger partial charge in [-0.25, -0.2) is 8.42 Å². The van der Waals surface area contributed by atoms with Crippen LogP contribution >= 0.6 is 0 Å². The second kappa shape index (κ2) is 8.81. The van der Waals surface area contributed by atoms with Gasteiger partial charge in [-0.05, 0) is 66.6 Å². The molecule has 3 rings (SSSR count). The van der Waals surface area contributed by atoms with Crippen molar-refractivity contribution in [2.75, 3.05) is 13.1 Å². The van der Waals surface area contributed by atoms with E-state index in [0.29, 0.717) is 24.2 Å². The molecule has 0 amide bonds. The van der Waals surface area contributed by atoms with Gasteiger partial charge in [0.25, 0.3) is 0 Å². The Labute approximate surface area is 184 Å². The van der Waals surface area contributed by atoms with Crippen molar-refractivity contribution in [3.8, 4) is 11.8 Å². The zero-order chi connectivity index (χ0) is 22.8. The summed E-state index contributed by atoms with van der Waals surface area (Å²) < 4.78 is 32.7. The number of aryl methyl sites for hydroxylation is 1. The number of sulfonamides is 1. The van der Waals surface area contributed by atoms with E-state index in [4.69, 9.17) is 10.00 Å². The molecule has 1 aliphatic rings. The van der Waals surface area contributed by atoms with Crippen LogP contribution in [0.25, 0.3) is 0 Å². The van der Waals surface area contributed by atoms with Crippen molar-refractivity contribution in [1.29, 1.82) is 5.26 Å². The first-order chi connectivity index (χ1) is 14.5. The van der Waals surface area contributed by atoms with Gasteiger partial charge in [0.2, 0.25) is 10.0 Å². The molecule has 0 bridgehead atoms. The number of benzene rings is 2. The zero-order valence-corrected chi connectivity index (χ0v) is 19.2. The van der Waals surface area contributed by atoms with Crippen LogP contribution in [0.3, 0.4) is 0 Å². The third-order valence-electron chi connectivity index (χ3n) is 5.66. The minimum absolute atomic E-state index is 0.0144. The molecule has 31 heavy (non-hydrogen) atoms. The molecule has 1 aliphatic heterocycles. The maximum absolute atomic E-state index is 12.8. The molecule has 0 N–H and O–H groups in total. The van der Waals surface area contributed by atoms with Crippen molar-refractivity contribution < 1.29 is 17.9 Å². The smallest absolute Gasteiger partial charge is 0.314 e. The van der Waals surface area contributed by atoms with Gasteiger partial charge in [-0.2, -0.15) is 9.57 Å². The summed E-state index contributed by atoms with van der Waals surface area (Å²) in [5.74, 6) is -0.109. The van der Waals surface area contributed by atoms with Gasteiger partial charge in [0.1, 0.15) is 5.75 Å². The van der Waals surface area contributed by atoms with Crippen molar-refractivity contribution in [2.24, 2.45) is 5.92 Å². The topological polar surface area (TPSA) is 87.5 Å². The lowest BCUT2D eigenvalue weighted by Crippen LogP contribution is -2.41. The SMILES string of the molecule is Cc1cc(C(C)(C)C)ccc1OC(=O)C1CCN(S(=O)(=O)c2ccc(C#N)cc2)CC1. The molecule has 164 valence electrons. The molecular formula is C24H28N2O4S. The lowest BCUT2D eigenvalue weighted by atomic mass is 9.86. The van der Waals surface area contributed by atoms with Gasteiger partial charge in [-0.3, -0.25) is 4.79 Å². The van der Waals surface area contributed by atoms with Crippen LogP contribution in [0.15, 0.2) is 47.4 Å². The van der Waals surface area contributed by atoms with Crippen molar-refractivity contribution in [3.05, 3.63) is 59.2 Å². The molecule has 1 fully saturated rings. The van der Waals surface area contributed by atoms with Crippen LogP contribution < -0.4 is 4.74 Å². The maximum Gasteiger partial charge on any atom is 0.314 e. The molecule has 0 radical (unpaired) electrons. The molecule has 2 aromatic carbocycles. The highest BCUT2D eigenvalue weighted by Gasteiger charge is 2.33. The van der Waals surface area contributed by atoms with Crippen LogP contribution in [-0.2, 0) is 20.2 Å². The fourth-order valence-electron chi connectivity index (χ4n) is 3.60. The second-order valence-electron chi connectivity index (χ2n) is 8.97. The van der Waals surface area contributed by atoms with Gasteiger partial charge >= 0.3 is 5.97 Å². The fraction of sp³-hybridized carbons (Fsp3) is 0.417. The number of hydrogen-bond acceptors (Lipinski definition) is 5. The average Bonchev–Trinajstić information content (AvgIpc) is 2.74. The number of ether oxygens (including phenoxy) is 1. The van der Waals surface area contributed by atoms with E-state index < -0.39 is 10.0 Å². The van der Waals surface area contributed by atoms with Gasteiger partial charge in [0, 0.05) is 13.1 Å². The second-order valence-corrected chi connectivity index (χ2v) is 10.9. The first-order valence-corrected chi connectivity index (χ1v) is 11.8. The maximum atomic E-state index is 12.8. The minimum atomic E-state index is -3.65. The Morgan fingerprint density at radius 2 is 1.71 bits per heavy atom. The Hall–Kier alpha value is -2.69. The number of carbonyl (C=O) groups is 1. The summed E-state index contributed by atoms with van der Waals surface area (Å²) in [6.07, 6.45) is 0.820. The molecule has 0 aliphatic carbocycles. The van der Waals surface area contributed by atoms with Crippen LogP contribution in [0.2, 0.25) is 0 Å². The Bertz CT molecular complexity index is 1100. The molecule has 7 heteroatoms. The highest BCUT2D eigenvalue weighted by molar-refractivity contribution is 7.89. The lowest BCUT2D eigenvalue weighted by molar-refractivity contribution is -0.140. The Morgan fingerprint density at radius 3 is 2.23 bits per heavy atom. The van der Waals surface area contributed by atoms with E-state index in [-0.39, 0.29) is 35.3 Å². The van der Waals surface area contributed by atoms with E-state index in [1.54, 1.807) is 0 Å². The third kappa shape index (κ3) is 5.15. The van der Waals surface area contributed by atoms with Crippen molar-refractivity contribution >= 4 is 16.0 Å². The predicted octanol–water partition coefficient (Wildman–Crippen LogP) is 4.17. The summed E-state index contributed by atoms with van der Waals surface area (Å²) in [5.41, 5.74) is 2.50. The lowest BCUT2D eigenvalue weighted by Gasteiger charge is -2.30. The monoisotopic (exact) mass is 440 g/mol. The fourth-order valence-corrected chi connectivity index (χ4v) is 5.07. The van der Waals surface area contributed by atoms with Gasteiger partial charge in [0.15, 0.2) is 0 Å². The highest BCUT2D eigenvalue weighted by atomic mass is 32.2. The van der Waals surface area contributed by atoms with E-state index in [0.717, 1.165) is 5.56 Å². The van der Waals surface area contributed by atoms with Crippen molar-refractivity contribution in [2.45, 2.75) is 50.8 Å². The largest absolute Gasteiger partial charge is 0.426 e. The van der Waals surface area contributed by atoms with Gasteiger partial charge in [-0.1, -0.05) is 32.9 Å². The quantitative estimate of drug-likeness (QED) is 0.526. The molecule has 6 nitrogen and oxygen atoms in total. The van der Waals surface area contributed by atoms with Gasteiger partial charge < -0.3 is 4.74 Å². The molecule has 0 unspecified atom stereocenters. The van der Waals surface area contributed by atoms with Gasteiger partial charge in [0.05, 0.1) is 22.4 Å². The van der Waals surface area contributed by atoms with Crippen LogP contribution in [0.4, 0.5) is 0 Å². The Kier molecular flexibility index (Phi) is 6.54. The summed E-state index contributed by atoms with van der Waals surface area (Å²) >= 11 is 0. The highest BCUT2D eigenvalue weighted by Crippen LogP contribution is 2.29. The first kappa shape index (κ1) is 23.0. The van der Waals surface area contributed by atoms with Crippen LogP contribution in [0, 0.1) is 24.2 Å². The molecule has 1 heterocycles. The molecule has 0 spiro atoms. The third-order valence-corrected chi connectivity index (χ3v) is 7.57. The Morgan fingerprint density at radius 1 is 1.10 bits per heavy atom. The summed E-state index contributed by atoms with van der Waals surface area (Å²) in [5, 5.41) is 8.88. The first-order valence-electron chi connectivity index (χ1n) is 10.4. The Balaban J connectivity index is 1.63. The summed E-state index contributed by atoms with van der Waals surface area (Å²) in [7, 11) is -3.65. The predicted molar refractivity (Wildman–Crippen MR) is 118 cm³/mol. The van der Waals surface area contributed by atoms with E-state index in [1.807, 2.05) is 31.2 Å². The summed E-state index contributed by atoms with van der Waals surface area (Å²) in [4.78, 5) is 12.8. The number of carbonyl (C=O) groups excluding carboxylic acids is 1. The molecule has 2 aromatic rings. The number of nitrogens with zero attached hydrogens (tertiary/aromatic N) is 2. The molecule has 0 saturated carbocycles.